The SMILES string of the molecule is CC[C@H](C)NCC(=O)Nc1cccc2cn[nH]c12. The van der Waals surface area contributed by atoms with Crippen LogP contribution < -0.4 is 10.6 Å². The van der Waals surface area contributed by atoms with E-state index in [1.165, 1.54) is 0 Å². The van der Waals surface area contributed by atoms with Crippen LogP contribution in [-0.2, 0) is 4.79 Å². The Labute approximate surface area is 106 Å². The molecule has 0 saturated carbocycles. The van der Waals surface area contributed by atoms with E-state index < -0.39 is 0 Å². The van der Waals surface area contributed by atoms with Crippen LogP contribution in [0.25, 0.3) is 10.9 Å². The van der Waals surface area contributed by atoms with Crippen LogP contribution in [0.4, 0.5) is 5.69 Å². The average Bonchev–Trinajstić information content (AvgIpc) is 2.85. The number of H-pyrrole nitrogens is 1. The smallest absolute Gasteiger partial charge is 0.238 e. The van der Waals surface area contributed by atoms with Gasteiger partial charge in [0.05, 0.1) is 23.9 Å². The minimum absolute atomic E-state index is 0.0441. The number of carbonyl (C=O) groups is 1. The zero-order valence-electron chi connectivity index (χ0n) is 10.7. The fourth-order valence-electron chi connectivity index (χ4n) is 1.68. The van der Waals surface area contributed by atoms with Crippen LogP contribution in [0.2, 0.25) is 0 Å². The number of aromatic nitrogens is 2. The van der Waals surface area contributed by atoms with Gasteiger partial charge in [0.2, 0.25) is 5.91 Å². The largest absolute Gasteiger partial charge is 0.323 e. The fourth-order valence-corrected chi connectivity index (χ4v) is 1.68. The molecule has 3 N–H and O–H groups in total. The molecule has 1 aromatic carbocycles. The van der Waals surface area contributed by atoms with Gasteiger partial charge in [-0.3, -0.25) is 9.89 Å². The normalized spacial score (nSPS) is 12.6. The predicted molar refractivity (Wildman–Crippen MR) is 72.5 cm³/mol. The van der Waals surface area contributed by atoms with E-state index in [2.05, 4.69) is 34.7 Å². The summed E-state index contributed by atoms with van der Waals surface area (Å²) < 4.78 is 0. The van der Waals surface area contributed by atoms with Crippen molar-refractivity contribution in [3.63, 3.8) is 0 Å². The van der Waals surface area contributed by atoms with Crippen LogP contribution >= 0.6 is 0 Å². The molecular weight excluding hydrogens is 228 g/mol. The molecule has 0 aliphatic heterocycles. The molecule has 0 spiro atoms. The summed E-state index contributed by atoms with van der Waals surface area (Å²) in [6, 6.07) is 6.06. The molecule has 2 aromatic rings. The summed E-state index contributed by atoms with van der Waals surface area (Å²) in [5, 5.41) is 13.9. The molecule has 0 aliphatic rings. The van der Waals surface area contributed by atoms with E-state index in [1.807, 2.05) is 18.2 Å². The topological polar surface area (TPSA) is 69.8 Å². The highest BCUT2D eigenvalue weighted by atomic mass is 16.1. The quantitative estimate of drug-likeness (QED) is 0.754. The lowest BCUT2D eigenvalue weighted by Crippen LogP contribution is -2.34. The lowest BCUT2D eigenvalue weighted by Gasteiger charge is -2.11. The summed E-state index contributed by atoms with van der Waals surface area (Å²) in [5.41, 5.74) is 1.62. The number of fused-ring (bicyclic) bond motifs is 1. The molecule has 1 heterocycles. The second-order valence-corrected chi connectivity index (χ2v) is 4.38. The number of hydrogen-bond donors (Lipinski definition) is 3. The Morgan fingerprint density at radius 2 is 2.33 bits per heavy atom. The van der Waals surface area contributed by atoms with Gasteiger partial charge in [-0.25, -0.2) is 0 Å². The lowest BCUT2D eigenvalue weighted by atomic mass is 10.2. The highest BCUT2D eigenvalue weighted by molar-refractivity contribution is 6.00. The molecule has 0 fully saturated rings. The minimum atomic E-state index is -0.0441. The lowest BCUT2D eigenvalue weighted by molar-refractivity contribution is -0.115. The maximum atomic E-state index is 11.8. The van der Waals surface area contributed by atoms with E-state index in [0.717, 1.165) is 23.0 Å². The van der Waals surface area contributed by atoms with E-state index in [0.29, 0.717) is 12.6 Å². The van der Waals surface area contributed by atoms with Crippen molar-refractivity contribution in [1.29, 1.82) is 0 Å². The van der Waals surface area contributed by atoms with Gasteiger partial charge in [-0.1, -0.05) is 19.1 Å². The average molecular weight is 246 g/mol. The Kier molecular flexibility index (Phi) is 3.94. The summed E-state index contributed by atoms with van der Waals surface area (Å²) in [4.78, 5) is 11.8. The van der Waals surface area contributed by atoms with Gasteiger partial charge < -0.3 is 10.6 Å². The van der Waals surface area contributed by atoms with Gasteiger partial charge in [-0.2, -0.15) is 5.10 Å². The number of aromatic amines is 1. The van der Waals surface area contributed by atoms with E-state index in [-0.39, 0.29) is 5.91 Å². The molecule has 5 heteroatoms. The van der Waals surface area contributed by atoms with Crippen molar-refractivity contribution in [2.75, 3.05) is 11.9 Å². The first-order chi connectivity index (χ1) is 8.70. The standard InChI is InChI=1S/C13H18N4O/c1-3-9(2)14-8-12(18)16-11-6-4-5-10-7-15-17-13(10)11/h4-7,9,14H,3,8H2,1-2H3,(H,15,17)(H,16,18)/t9-/m0/s1. The maximum Gasteiger partial charge on any atom is 0.238 e. The van der Waals surface area contributed by atoms with E-state index >= 15 is 0 Å². The monoisotopic (exact) mass is 246 g/mol. The first-order valence-corrected chi connectivity index (χ1v) is 6.16. The van der Waals surface area contributed by atoms with Gasteiger partial charge >= 0.3 is 0 Å². The number of para-hydroxylation sites is 1. The number of rotatable bonds is 5. The molecule has 1 amide bonds. The molecule has 0 radical (unpaired) electrons. The molecule has 0 bridgehead atoms. The van der Waals surface area contributed by atoms with Crippen LogP contribution in [0.3, 0.4) is 0 Å². The molecule has 0 aliphatic carbocycles. The molecule has 1 aromatic heterocycles. The van der Waals surface area contributed by atoms with Gasteiger partial charge in [0.1, 0.15) is 0 Å². The molecule has 0 saturated heterocycles. The summed E-state index contributed by atoms with van der Waals surface area (Å²) >= 11 is 0. The van der Waals surface area contributed by atoms with Crippen LogP contribution in [0.15, 0.2) is 24.4 Å². The number of anilines is 1. The fraction of sp³-hybridized carbons (Fsp3) is 0.385. The van der Waals surface area contributed by atoms with Crippen LogP contribution in [0, 0.1) is 0 Å². The summed E-state index contributed by atoms with van der Waals surface area (Å²) in [7, 11) is 0. The Bertz CT molecular complexity index is 535. The zero-order valence-corrected chi connectivity index (χ0v) is 10.7. The van der Waals surface area contributed by atoms with Crippen molar-refractivity contribution < 1.29 is 4.79 Å². The molecular formula is C13H18N4O. The Morgan fingerprint density at radius 1 is 1.50 bits per heavy atom. The molecule has 5 nitrogen and oxygen atoms in total. The second-order valence-electron chi connectivity index (χ2n) is 4.38. The number of nitrogens with zero attached hydrogens (tertiary/aromatic N) is 1. The van der Waals surface area contributed by atoms with Crippen molar-refractivity contribution in [2.45, 2.75) is 26.3 Å². The Morgan fingerprint density at radius 3 is 3.11 bits per heavy atom. The maximum absolute atomic E-state index is 11.8. The Balaban J connectivity index is 2.00. The van der Waals surface area contributed by atoms with E-state index in [4.69, 9.17) is 0 Å². The molecule has 2 rings (SSSR count). The molecule has 1 atom stereocenters. The van der Waals surface area contributed by atoms with E-state index in [9.17, 15) is 4.79 Å². The number of benzene rings is 1. The predicted octanol–water partition coefficient (Wildman–Crippen LogP) is 1.89. The summed E-state index contributed by atoms with van der Waals surface area (Å²) in [6.45, 7) is 4.46. The Hall–Kier alpha value is -1.88. The number of hydrogen-bond acceptors (Lipinski definition) is 3. The molecule has 96 valence electrons. The van der Waals surface area contributed by atoms with Gasteiger partial charge in [-0.05, 0) is 19.4 Å². The number of carbonyl (C=O) groups excluding carboxylic acids is 1. The van der Waals surface area contributed by atoms with Gasteiger partial charge in [0.25, 0.3) is 0 Å². The van der Waals surface area contributed by atoms with Crippen LogP contribution in [0.1, 0.15) is 20.3 Å². The van der Waals surface area contributed by atoms with Crippen molar-refractivity contribution in [1.82, 2.24) is 15.5 Å². The third kappa shape index (κ3) is 2.87. The first-order valence-electron chi connectivity index (χ1n) is 6.16. The van der Waals surface area contributed by atoms with Crippen molar-refractivity contribution >= 4 is 22.5 Å². The molecule has 18 heavy (non-hydrogen) atoms. The third-order valence-electron chi connectivity index (χ3n) is 2.97. The van der Waals surface area contributed by atoms with Gasteiger partial charge in [-0.15, -0.1) is 0 Å². The third-order valence-corrected chi connectivity index (χ3v) is 2.97. The van der Waals surface area contributed by atoms with Crippen LogP contribution in [0.5, 0.6) is 0 Å². The van der Waals surface area contributed by atoms with Crippen LogP contribution in [-0.4, -0.2) is 28.7 Å². The summed E-state index contributed by atoms with van der Waals surface area (Å²) in [6.07, 6.45) is 2.74. The second kappa shape index (κ2) is 5.64. The first kappa shape index (κ1) is 12.6. The van der Waals surface area contributed by atoms with Crippen molar-refractivity contribution in [2.24, 2.45) is 0 Å². The minimum Gasteiger partial charge on any atom is -0.323 e. The molecule has 0 unspecified atom stereocenters. The van der Waals surface area contributed by atoms with Gasteiger partial charge in [0.15, 0.2) is 0 Å². The van der Waals surface area contributed by atoms with Crippen molar-refractivity contribution in [3.8, 4) is 0 Å². The highest BCUT2D eigenvalue weighted by Crippen LogP contribution is 2.19. The highest BCUT2D eigenvalue weighted by Gasteiger charge is 2.07. The van der Waals surface area contributed by atoms with E-state index in [1.54, 1.807) is 6.20 Å². The zero-order chi connectivity index (χ0) is 13.0. The van der Waals surface area contributed by atoms with Crippen molar-refractivity contribution in [3.05, 3.63) is 24.4 Å². The number of nitrogens with one attached hydrogen (secondary N) is 3. The van der Waals surface area contributed by atoms with Gasteiger partial charge in [0, 0.05) is 11.4 Å². The summed E-state index contributed by atoms with van der Waals surface area (Å²) in [5.74, 6) is -0.0441. The number of amides is 1.